The number of anilines is 1. The molecule has 2 aromatic rings. The lowest BCUT2D eigenvalue weighted by Gasteiger charge is -2.15. The number of rotatable bonds is 7. The van der Waals surface area contributed by atoms with E-state index in [1.807, 2.05) is 6.92 Å². The highest BCUT2D eigenvalue weighted by Crippen LogP contribution is 2.22. The molecule has 0 radical (unpaired) electrons. The van der Waals surface area contributed by atoms with Gasteiger partial charge in [-0.1, -0.05) is 11.6 Å². The van der Waals surface area contributed by atoms with Crippen LogP contribution in [0.4, 0.5) is 10.1 Å². The molecule has 2 N–H and O–H groups in total. The van der Waals surface area contributed by atoms with Gasteiger partial charge in [-0.2, -0.15) is 4.72 Å². The van der Waals surface area contributed by atoms with Crippen LogP contribution in [0.1, 0.15) is 19.4 Å². The third-order valence-corrected chi connectivity index (χ3v) is 5.50. The van der Waals surface area contributed by atoms with Crippen molar-refractivity contribution in [1.29, 1.82) is 0 Å². The molecule has 0 spiro atoms. The van der Waals surface area contributed by atoms with Gasteiger partial charge in [0.1, 0.15) is 11.6 Å². The van der Waals surface area contributed by atoms with Crippen LogP contribution in [-0.4, -0.2) is 27.0 Å². The van der Waals surface area contributed by atoms with Crippen LogP contribution in [0.15, 0.2) is 41.3 Å². The van der Waals surface area contributed by atoms with Crippen LogP contribution < -0.4 is 14.8 Å². The minimum absolute atomic E-state index is 0.0212. The second-order valence-electron chi connectivity index (χ2n) is 5.82. The number of hydrogen-bond donors (Lipinski definition) is 2. The number of amides is 1. The van der Waals surface area contributed by atoms with Crippen LogP contribution in [0.3, 0.4) is 0 Å². The number of benzene rings is 2. The Morgan fingerprint density at radius 3 is 2.56 bits per heavy atom. The van der Waals surface area contributed by atoms with Crippen molar-refractivity contribution in [3.63, 3.8) is 0 Å². The molecule has 0 bridgehead atoms. The Balaban J connectivity index is 2.10. The summed E-state index contributed by atoms with van der Waals surface area (Å²) in [6, 6.07) is 7.06. The van der Waals surface area contributed by atoms with Gasteiger partial charge in [0, 0.05) is 5.69 Å². The topological polar surface area (TPSA) is 84.5 Å². The predicted molar refractivity (Wildman–Crippen MR) is 102 cm³/mol. The van der Waals surface area contributed by atoms with Gasteiger partial charge in [0.15, 0.2) is 0 Å². The van der Waals surface area contributed by atoms with E-state index in [2.05, 4.69) is 10.0 Å². The Kier molecular flexibility index (Phi) is 6.80. The highest BCUT2D eigenvalue weighted by molar-refractivity contribution is 7.89. The fourth-order valence-electron chi connectivity index (χ4n) is 2.29. The first-order chi connectivity index (χ1) is 12.6. The monoisotopic (exact) mass is 414 g/mol. The first kappa shape index (κ1) is 21.1. The number of carbonyl (C=O) groups excluding carboxylic acids is 1. The summed E-state index contributed by atoms with van der Waals surface area (Å²) in [7, 11) is -3.92. The summed E-state index contributed by atoms with van der Waals surface area (Å²) in [5.41, 5.74) is 0.923. The van der Waals surface area contributed by atoms with E-state index in [1.54, 1.807) is 13.0 Å². The number of sulfonamides is 1. The maximum Gasteiger partial charge on any atom is 0.242 e. The molecule has 9 heteroatoms. The van der Waals surface area contributed by atoms with E-state index in [0.717, 1.165) is 6.07 Å². The first-order valence-corrected chi connectivity index (χ1v) is 10.0. The lowest BCUT2D eigenvalue weighted by atomic mass is 10.2. The molecule has 1 amide bonds. The number of nitrogens with one attached hydrogen (secondary N) is 2. The molecule has 0 aliphatic carbocycles. The first-order valence-electron chi connectivity index (χ1n) is 8.15. The molecule has 0 saturated carbocycles. The summed E-state index contributed by atoms with van der Waals surface area (Å²) in [6.07, 6.45) is 0. The third kappa shape index (κ3) is 5.41. The quantitative estimate of drug-likeness (QED) is 0.726. The van der Waals surface area contributed by atoms with Crippen molar-refractivity contribution >= 4 is 33.2 Å². The molecule has 27 heavy (non-hydrogen) atoms. The van der Waals surface area contributed by atoms with Crippen LogP contribution in [0, 0.1) is 12.7 Å². The van der Waals surface area contributed by atoms with Crippen molar-refractivity contribution in [3.8, 4) is 5.75 Å². The molecule has 0 aromatic heterocycles. The van der Waals surface area contributed by atoms with Crippen LogP contribution in [0.2, 0.25) is 5.02 Å². The van der Waals surface area contributed by atoms with Crippen molar-refractivity contribution in [2.75, 3.05) is 11.9 Å². The summed E-state index contributed by atoms with van der Waals surface area (Å²) in [6.45, 7) is 5.44. The highest BCUT2D eigenvalue weighted by atomic mass is 35.5. The van der Waals surface area contributed by atoms with E-state index in [1.165, 1.54) is 31.2 Å². The molecular formula is C18H20ClFN2O4S. The van der Waals surface area contributed by atoms with Gasteiger partial charge < -0.3 is 10.1 Å². The van der Waals surface area contributed by atoms with Gasteiger partial charge in [-0.25, -0.2) is 12.8 Å². The van der Waals surface area contributed by atoms with E-state index < -0.39 is 27.8 Å². The molecule has 0 aliphatic heterocycles. The van der Waals surface area contributed by atoms with Crippen molar-refractivity contribution in [1.82, 2.24) is 4.72 Å². The summed E-state index contributed by atoms with van der Waals surface area (Å²) >= 11 is 5.67. The Labute approximate surface area is 162 Å². The Bertz CT molecular complexity index is 950. The van der Waals surface area contributed by atoms with Gasteiger partial charge in [0.05, 0.1) is 22.6 Å². The molecule has 0 fully saturated rings. The average molecular weight is 415 g/mol. The molecule has 0 unspecified atom stereocenters. The molecule has 146 valence electrons. The van der Waals surface area contributed by atoms with Crippen LogP contribution in [-0.2, 0) is 14.8 Å². The summed E-state index contributed by atoms with van der Waals surface area (Å²) in [5, 5.41) is 2.34. The largest absolute Gasteiger partial charge is 0.494 e. The smallest absolute Gasteiger partial charge is 0.242 e. The Hall–Kier alpha value is -2.16. The standard InChI is InChI=1S/C18H20ClFN2O4S/c1-4-26-17-8-6-14(9-11(17)2)27(24,25)22-12(3)18(23)21-13-5-7-16(20)15(19)10-13/h5-10,12,22H,4H2,1-3H3,(H,21,23)/t12-/m0/s1. The maximum absolute atomic E-state index is 13.2. The van der Waals surface area contributed by atoms with Crippen molar-refractivity contribution in [2.24, 2.45) is 0 Å². The number of carbonyl (C=O) groups is 1. The number of halogens is 2. The van der Waals surface area contributed by atoms with E-state index in [4.69, 9.17) is 16.3 Å². The number of hydrogen-bond acceptors (Lipinski definition) is 4. The summed E-state index contributed by atoms with van der Waals surface area (Å²) < 4.78 is 45.9. The van der Waals surface area contributed by atoms with Gasteiger partial charge >= 0.3 is 0 Å². The SMILES string of the molecule is CCOc1ccc(S(=O)(=O)N[C@@H](C)C(=O)Nc2ccc(F)c(Cl)c2)cc1C. The van der Waals surface area contributed by atoms with Gasteiger partial charge in [0.25, 0.3) is 0 Å². The molecule has 2 aromatic carbocycles. The predicted octanol–water partition coefficient (Wildman–Crippen LogP) is 3.49. The molecule has 0 heterocycles. The Morgan fingerprint density at radius 1 is 1.26 bits per heavy atom. The van der Waals surface area contributed by atoms with Crippen molar-refractivity contribution < 1.29 is 22.3 Å². The molecular weight excluding hydrogens is 395 g/mol. The molecule has 6 nitrogen and oxygen atoms in total. The Morgan fingerprint density at radius 2 is 1.96 bits per heavy atom. The van der Waals surface area contributed by atoms with Crippen LogP contribution in [0.25, 0.3) is 0 Å². The maximum atomic E-state index is 13.2. The lowest BCUT2D eigenvalue weighted by molar-refractivity contribution is -0.117. The zero-order valence-corrected chi connectivity index (χ0v) is 16.6. The zero-order valence-electron chi connectivity index (χ0n) is 15.0. The fraction of sp³-hybridized carbons (Fsp3) is 0.278. The fourth-order valence-corrected chi connectivity index (χ4v) is 3.75. The van der Waals surface area contributed by atoms with E-state index in [0.29, 0.717) is 17.9 Å². The van der Waals surface area contributed by atoms with Gasteiger partial charge in [0.2, 0.25) is 15.9 Å². The minimum atomic E-state index is -3.92. The van der Waals surface area contributed by atoms with E-state index in [-0.39, 0.29) is 15.6 Å². The number of ether oxygens (including phenoxy) is 1. The third-order valence-electron chi connectivity index (χ3n) is 3.67. The second kappa shape index (κ2) is 8.69. The molecule has 2 rings (SSSR count). The summed E-state index contributed by atoms with van der Waals surface area (Å²) in [4.78, 5) is 12.3. The molecule has 1 atom stereocenters. The second-order valence-corrected chi connectivity index (χ2v) is 7.94. The summed E-state index contributed by atoms with van der Waals surface area (Å²) in [5.74, 6) is -0.631. The van der Waals surface area contributed by atoms with Gasteiger partial charge in [-0.3, -0.25) is 4.79 Å². The van der Waals surface area contributed by atoms with Crippen molar-refractivity contribution in [3.05, 3.63) is 52.8 Å². The highest BCUT2D eigenvalue weighted by Gasteiger charge is 2.23. The lowest BCUT2D eigenvalue weighted by Crippen LogP contribution is -2.41. The molecule has 0 saturated heterocycles. The van der Waals surface area contributed by atoms with Crippen LogP contribution >= 0.6 is 11.6 Å². The van der Waals surface area contributed by atoms with Gasteiger partial charge in [-0.05, 0) is 62.7 Å². The van der Waals surface area contributed by atoms with Crippen molar-refractivity contribution in [2.45, 2.75) is 31.7 Å². The zero-order chi connectivity index (χ0) is 20.2. The van der Waals surface area contributed by atoms with Gasteiger partial charge in [-0.15, -0.1) is 0 Å². The number of aryl methyl sites for hydroxylation is 1. The van der Waals surface area contributed by atoms with E-state index in [9.17, 15) is 17.6 Å². The minimum Gasteiger partial charge on any atom is -0.494 e. The average Bonchev–Trinajstić information content (AvgIpc) is 2.59. The van der Waals surface area contributed by atoms with Crippen LogP contribution in [0.5, 0.6) is 5.75 Å². The van der Waals surface area contributed by atoms with E-state index >= 15 is 0 Å². The normalized spacial score (nSPS) is 12.5. The molecule has 0 aliphatic rings.